The molecule has 10 heteroatoms. The Labute approximate surface area is 192 Å². The molecule has 0 saturated heterocycles. The van der Waals surface area contributed by atoms with Crippen LogP contribution < -0.4 is 4.74 Å². The van der Waals surface area contributed by atoms with Crippen LogP contribution in [0, 0.1) is 13.8 Å². The van der Waals surface area contributed by atoms with Gasteiger partial charge < -0.3 is 4.74 Å². The summed E-state index contributed by atoms with van der Waals surface area (Å²) >= 11 is 15.6. The maximum absolute atomic E-state index is 6.15. The summed E-state index contributed by atoms with van der Waals surface area (Å²) < 4.78 is 5.77. The van der Waals surface area contributed by atoms with Gasteiger partial charge in [0.1, 0.15) is 10.8 Å². The lowest BCUT2D eigenvalue weighted by Crippen LogP contribution is -1.99. The van der Waals surface area contributed by atoms with E-state index in [0.717, 1.165) is 33.3 Å². The van der Waals surface area contributed by atoms with Crippen LogP contribution in [0.4, 0.5) is 0 Å². The third kappa shape index (κ3) is 4.95. The number of rotatable bonds is 7. The quantitative estimate of drug-likeness (QED) is 0.323. The number of H-pyrrole nitrogens is 1. The monoisotopic (exact) mass is 477 g/mol. The summed E-state index contributed by atoms with van der Waals surface area (Å²) in [6.07, 6.45) is 0. The van der Waals surface area contributed by atoms with Crippen molar-refractivity contribution in [1.82, 2.24) is 25.6 Å². The molecular weight excluding hydrogens is 461 g/mol. The van der Waals surface area contributed by atoms with Gasteiger partial charge in [-0.3, -0.25) is 0 Å². The zero-order valence-electron chi connectivity index (χ0n) is 16.1. The number of thiazole rings is 1. The Hall–Kier alpha value is -2.13. The number of halogens is 2. The van der Waals surface area contributed by atoms with E-state index < -0.39 is 0 Å². The molecule has 30 heavy (non-hydrogen) atoms. The third-order valence-electron chi connectivity index (χ3n) is 4.32. The molecule has 0 amide bonds. The van der Waals surface area contributed by atoms with Gasteiger partial charge in [0, 0.05) is 21.1 Å². The number of hydrogen-bond donors (Lipinski definition) is 1. The number of ether oxygens (including phenoxy) is 1. The van der Waals surface area contributed by atoms with E-state index in [-0.39, 0.29) is 6.61 Å². The van der Waals surface area contributed by atoms with Crippen LogP contribution in [-0.4, -0.2) is 25.6 Å². The van der Waals surface area contributed by atoms with E-state index >= 15 is 0 Å². The minimum Gasteiger partial charge on any atom is -0.485 e. The van der Waals surface area contributed by atoms with Gasteiger partial charge in [0.25, 0.3) is 0 Å². The van der Waals surface area contributed by atoms with Crippen molar-refractivity contribution in [3.05, 3.63) is 68.4 Å². The number of benzene rings is 2. The van der Waals surface area contributed by atoms with Crippen molar-refractivity contribution in [3.8, 4) is 16.3 Å². The predicted molar refractivity (Wildman–Crippen MR) is 122 cm³/mol. The fourth-order valence-corrected chi connectivity index (χ4v) is 5.22. The number of nitrogens with one attached hydrogen (secondary N) is 1. The molecule has 0 aliphatic rings. The summed E-state index contributed by atoms with van der Waals surface area (Å²) in [5, 5.41) is 15.7. The standard InChI is InChI=1S/C20H17Cl2N5OS2/c1-11-7-14(4-6-17(11)28-9-19-24-26-27-25-19)29-10-18-12(2)23-20(30-18)13-3-5-15(21)16(22)8-13/h3-8H,9-10H2,1-2H3,(H,24,25,26,27). The minimum atomic E-state index is 0.279. The molecule has 0 aliphatic carbocycles. The molecule has 0 unspecified atom stereocenters. The van der Waals surface area contributed by atoms with Gasteiger partial charge in [-0.2, -0.15) is 5.21 Å². The molecule has 0 saturated carbocycles. The van der Waals surface area contributed by atoms with Gasteiger partial charge in [0.2, 0.25) is 5.82 Å². The number of tetrazole rings is 1. The van der Waals surface area contributed by atoms with E-state index in [9.17, 15) is 0 Å². The van der Waals surface area contributed by atoms with Crippen LogP contribution in [-0.2, 0) is 12.4 Å². The Kier molecular flexibility index (Phi) is 6.58. The van der Waals surface area contributed by atoms with Crippen LogP contribution in [0.1, 0.15) is 22.0 Å². The second-order valence-corrected chi connectivity index (χ2v) is 9.44. The zero-order valence-corrected chi connectivity index (χ0v) is 19.3. The number of aryl methyl sites for hydroxylation is 2. The highest BCUT2D eigenvalue weighted by Crippen LogP contribution is 2.35. The second kappa shape index (κ2) is 9.34. The Bertz CT molecular complexity index is 1160. The lowest BCUT2D eigenvalue weighted by molar-refractivity contribution is 0.293. The van der Waals surface area contributed by atoms with Gasteiger partial charge in [-0.15, -0.1) is 33.3 Å². The third-order valence-corrected chi connectivity index (χ3v) is 7.47. The molecule has 4 rings (SSSR count). The fraction of sp³-hybridized carbons (Fsp3) is 0.200. The molecule has 154 valence electrons. The number of aromatic amines is 1. The number of nitrogens with zero attached hydrogens (tertiary/aromatic N) is 4. The largest absolute Gasteiger partial charge is 0.485 e. The molecule has 0 spiro atoms. The molecule has 4 aromatic rings. The lowest BCUT2D eigenvalue weighted by Gasteiger charge is -2.09. The number of aromatic nitrogens is 5. The van der Waals surface area contributed by atoms with Crippen LogP contribution in [0.5, 0.6) is 5.75 Å². The van der Waals surface area contributed by atoms with Crippen LogP contribution in [0.15, 0.2) is 41.3 Å². The van der Waals surface area contributed by atoms with Crippen LogP contribution in [0.2, 0.25) is 10.0 Å². The molecule has 0 fully saturated rings. The summed E-state index contributed by atoms with van der Waals surface area (Å²) in [5.41, 5.74) is 3.07. The molecule has 1 N–H and O–H groups in total. The maximum Gasteiger partial charge on any atom is 0.211 e. The molecular formula is C20H17Cl2N5OS2. The normalized spacial score (nSPS) is 11.1. The molecule has 2 heterocycles. The van der Waals surface area contributed by atoms with E-state index in [1.54, 1.807) is 29.2 Å². The van der Waals surface area contributed by atoms with Crippen molar-refractivity contribution in [1.29, 1.82) is 0 Å². The van der Waals surface area contributed by atoms with E-state index in [1.165, 1.54) is 9.77 Å². The summed E-state index contributed by atoms with van der Waals surface area (Å²) in [6.45, 7) is 4.34. The minimum absolute atomic E-state index is 0.279. The first-order valence-corrected chi connectivity index (χ1v) is 11.6. The lowest BCUT2D eigenvalue weighted by atomic mass is 10.2. The Morgan fingerprint density at radius 3 is 2.70 bits per heavy atom. The van der Waals surface area contributed by atoms with Crippen molar-refractivity contribution in [2.45, 2.75) is 31.1 Å². The number of hydrogen-bond acceptors (Lipinski definition) is 7. The Morgan fingerprint density at radius 2 is 1.97 bits per heavy atom. The Balaban J connectivity index is 1.41. The smallest absolute Gasteiger partial charge is 0.211 e. The first-order valence-electron chi connectivity index (χ1n) is 9.00. The zero-order chi connectivity index (χ0) is 21.1. The van der Waals surface area contributed by atoms with E-state index in [0.29, 0.717) is 15.9 Å². The van der Waals surface area contributed by atoms with Crippen LogP contribution in [0.3, 0.4) is 0 Å². The van der Waals surface area contributed by atoms with Crippen molar-refractivity contribution in [2.24, 2.45) is 0 Å². The van der Waals surface area contributed by atoms with Crippen molar-refractivity contribution in [2.75, 3.05) is 0 Å². The average Bonchev–Trinajstić information content (AvgIpc) is 3.37. The van der Waals surface area contributed by atoms with E-state index in [2.05, 4.69) is 32.8 Å². The van der Waals surface area contributed by atoms with Gasteiger partial charge in [-0.1, -0.05) is 34.5 Å². The van der Waals surface area contributed by atoms with Crippen LogP contribution >= 0.6 is 46.3 Å². The summed E-state index contributed by atoms with van der Waals surface area (Å²) in [7, 11) is 0. The molecule has 2 aromatic heterocycles. The second-order valence-electron chi connectivity index (χ2n) is 6.49. The van der Waals surface area contributed by atoms with E-state index in [4.69, 9.17) is 32.9 Å². The van der Waals surface area contributed by atoms with Crippen molar-refractivity contribution < 1.29 is 4.74 Å². The van der Waals surface area contributed by atoms with Crippen molar-refractivity contribution >= 4 is 46.3 Å². The first kappa shape index (κ1) is 21.1. The molecule has 0 bridgehead atoms. The SMILES string of the molecule is Cc1cc(SCc2sc(-c3ccc(Cl)c(Cl)c3)nc2C)ccc1OCc1nn[nH]n1. The highest BCUT2D eigenvalue weighted by molar-refractivity contribution is 7.98. The summed E-state index contributed by atoms with van der Waals surface area (Å²) in [6, 6.07) is 11.7. The predicted octanol–water partition coefficient (Wildman–Crippen LogP) is 6.12. The molecule has 0 aliphatic heterocycles. The van der Waals surface area contributed by atoms with Crippen molar-refractivity contribution in [3.63, 3.8) is 0 Å². The average molecular weight is 478 g/mol. The van der Waals surface area contributed by atoms with Gasteiger partial charge >= 0.3 is 0 Å². The van der Waals surface area contributed by atoms with Gasteiger partial charge in [0.05, 0.1) is 15.7 Å². The van der Waals surface area contributed by atoms with Crippen LogP contribution in [0.25, 0.3) is 10.6 Å². The van der Waals surface area contributed by atoms with Gasteiger partial charge in [0.15, 0.2) is 6.61 Å². The molecule has 2 aromatic carbocycles. The first-order chi connectivity index (χ1) is 14.5. The Morgan fingerprint density at radius 1 is 1.10 bits per heavy atom. The molecule has 6 nitrogen and oxygen atoms in total. The highest BCUT2D eigenvalue weighted by atomic mass is 35.5. The molecule has 0 atom stereocenters. The number of thioether (sulfide) groups is 1. The summed E-state index contributed by atoms with van der Waals surface area (Å²) in [5.74, 6) is 2.17. The van der Waals surface area contributed by atoms with Gasteiger partial charge in [-0.05, 0) is 49.7 Å². The topological polar surface area (TPSA) is 76.6 Å². The highest BCUT2D eigenvalue weighted by Gasteiger charge is 2.12. The van der Waals surface area contributed by atoms with E-state index in [1.807, 2.05) is 32.0 Å². The summed E-state index contributed by atoms with van der Waals surface area (Å²) in [4.78, 5) is 7.11. The molecule has 0 radical (unpaired) electrons. The maximum atomic E-state index is 6.15. The fourth-order valence-electron chi connectivity index (χ4n) is 2.72. The van der Waals surface area contributed by atoms with Gasteiger partial charge in [-0.25, -0.2) is 4.98 Å².